The molecule has 9 heteroatoms. The van der Waals surface area contributed by atoms with Gasteiger partial charge in [0.15, 0.2) is 5.82 Å². The molecule has 0 unspecified atom stereocenters. The number of carboxylic acid groups (broad SMARTS) is 1. The first kappa shape index (κ1) is 16.5. The molecule has 2 fully saturated rings. The van der Waals surface area contributed by atoms with E-state index in [9.17, 15) is 19.1 Å². The van der Waals surface area contributed by atoms with E-state index >= 15 is 4.39 Å². The lowest BCUT2D eigenvalue weighted by atomic mass is 10.1. The summed E-state index contributed by atoms with van der Waals surface area (Å²) in [6, 6.07) is 0.785. The highest BCUT2D eigenvalue weighted by atomic mass is 19.1. The Labute approximate surface area is 145 Å². The molecule has 2 N–H and O–H groups in total. The van der Waals surface area contributed by atoms with E-state index in [1.807, 2.05) is 0 Å². The molecule has 0 amide bonds. The normalized spacial score (nSPS) is 18.8. The minimum atomic E-state index is -1.43. The van der Waals surface area contributed by atoms with Crippen molar-refractivity contribution in [3.05, 3.63) is 39.7 Å². The second-order valence-corrected chi connectivity index (χ2v) is 6.57. The summed E-state index contributed by atoms with van der Waals surface area (Å²) >= 11 is 0. The largest absolute Gasteiger partial charge is 0.477 e. The lowest BCUT2D eigenvalue weighted by Gasteiger charge is -2.21. The van der Waals surface area contributed by atoms with Gasteiger partial charge in [-0.15, -0.1) is 0 Å². The van der Waals surface area contributed by atoms with Crippen LogP contribution in [-0.4, -0.2) is 39.7 Å². The Bertz CT molecular complexity index is 1030. The van der Waals surface area contributed by atoms with Crippen molar-refractivity contribution in [2.24, 2.45) is 5.16 Å². The third-order valence-corrected chi connectivity index (χ3v) is 4.86. The van der Waals surface area contributed by atoms with Gasteiger partial charge in [0.25, 0.3) is 0 Å². The predicted octanol–water partition coefficient (Wildman–Crippen LogP) is 2.35. The lowest BCUT2D eigenvalue weighted by molar-refractivity contribution is 0.0694. The van der Waals surface area contributed by atoms with Crippen LogP contribution in [0, 0.1) is 11.6 Å². The van der Waals surface area contributed by atoms with Crippen LogP contribution in [0.3, 0.4) is 0 Å². The van der Waals surface area contributed by atoms with Crippen molar-refractivity contribution in [2.45, 2.75) is 25.3 Å². The maximum atomic E-state index is 15.3. The zero-order valence-electron chi connectivity index (χ0n) is 13.6. The fraction of sp³-hybridized carbons (Fsp3) is 0.353. The molecule has 1 saturated carbocycles. The summed E-state index contributed by atoms with van der Waals surface area (Å²) in [4.78, 5) is 25.1. The maximum absolute atomic E-state index is 15.3. The summed E-state index contributed by atoms with van der Waals surface area (Å²) in [5.41, 5.74) is -1.40. The first-order chi connectivity index (χ1) is 12.4. The van der Waals surface area contributed by atoms with E-state index < -0.39 is 28.6 Å². The molecule has 1 aliphatic carbocycles. The van der Waals surface area contributed by atoms with Crippen molar-refractivity contribution in [2.75, 3.05) is 18.0 Å². The van der Waals surface area contributed by atoms with Gasteiger partial charge in [-0.3, -0.25) is 4.79 Å². The number of benzene rings is 1. The summed E-state index contributed by atoms with van der Waals surface area (Å²) in [6.45, 7) is 0.357. The van der Waals surface area contributed by atoms with Gasteiger partial charge in [-0.2, -0.15) is 0 Å². The molecule has 1 aromatic carbocycles. The van der Waals surface area contributed by atoms with Crippen LogP contribution in [0.1, 0.15) is 35.7 Å². The highest BCUT2D eigenvalue weighted by Crippen LogP contribution is 2.39. The summed E-state index contributed by atoms with van der Waals surface area (Å²) in [5, 5.41) is 20.9. The second kappa shape index (κ2) is 5.79. The quantitative estimate of drug-likeness (QED) is 0.645. The van der Waals surface area contributed by atoms with Crippen molar-refractivity contribution in [1.82, 2.24) is 4.57 Å². The van der Waals surface area contributed by atoms with Gasteiger partial charge in [0.05, 0.1) is 23.2 Å². The van der Waals surface area contributed by atoms with E-state index in [0.717, 1.165) is 25.1 Å². The summed E-state index contributed by atoms with van der Waals surface area (Å²) in [6.07, 6.45) is 2.98. The molecule has 1 saturated heterocycles. The molecule has 0 atom stereocenters. The molecule has 4 rings (SSSR count). The molecular formula is C17H15F2N3O4. The molecule has 0 bridgehead atoms. The van der Waals surface area contributed by atoms with Crippen molar-refractivity contribution in [3.8, 4) is 0 Å². The van der Waals surface area contributed by atoms with Crippen molar-refractivity contribution in [1.29, 1.82) is 0 Å². The van der Waals surface area contributed by atoms with Crippen LogP contribution in [0.15, 0.2) is 22.2 Å². The lowest BCUT2D eigenvalue weighted by Crippen LogP contribution is -2.25. The van der Waals surface area contributed by atoms with Gasteiger partial charge in [-0.05, 0) is 18.9 Å². The Hall–Kier alpha value is -2.97. The Kier molecular flexibility index (Phi) is 3.67. The summed E-state index contributed by atoms with van der Waals surface area (Å²) < 4.78 is 31.4. The SMILES string of the molecule is O=C(O)c1cn(C2CC2)c2c(F)c(N3CC/C(=N\O)C3)c(F)cc2c1=O. The minimum Gasteiger partial charge on any atom is -0.477 e. The average Bonchev–Trinajstić information content (AvgIpc) is 3.33. The van der Waals surface area contributed by atoms with E-state index in [1.165, 1.54) is 9.47 Å². The predicted molar refractivity (Wildman–Crippen MR) is 89.4 cm³/mol. The fourth-order valence-corrected chi connectivity index (χ4v) is 3.43. The van der Waals surface area contributed by atoms with E-state index in [2.05, 4.69) is 5.16 Å². The van der Waals surface area contributed by atoms with Crippen LogP contribution in [0.2, 0.25) is 0 Å². The molecule has 1 aromatic heterocycles. The number of halogens is 2. The Morgan fingerprint density at radius 3 is 2.62 bits per heavy atom. The third-order valence-electron chi connectivity index (χ3n) is 4.86. The monoisotopic (exact) mass is 363 g/mol. The summed E-state index contributed by atoms with van der Waals surface area (Å²) in [5.74, 6) is -3.28. The van der Waals surface area contributed by atoms with Crippen LogP contribution < -0.4 is 10.3 Å². The molecule has 2 heterocycles. The molecule has 7 nitrogen and oxygen atoms in total. The van der Waals surface area contributed by atoms with Crippen molar-refractivity contribution >= 4 is 28.3 Å². The van der Waals surface area contributed by atoms with Gasteiger partial charge in [0, 0.05) is 25.2 Å². The smallest absolute Gasteiger partial charge is 0.341 e. The van der Waals surface area contributed by atoms with Gasteiger partial charge < -0.3 is 19.8 Å². The first-order valence-electron chi connectivity index (χ1n) is 8.17. The minimum absolute atomic E-state index is 0.0801. The zero-order valence-corrected chi connectivity index (χ0v) is 13.6. The number of carbonyl (C=O) groups is 1. The average molecular weight is 363 g/mol. The van der Waals surface area contributed by atoms with Gasteiger partial charge >= 0.3 is 5.97 Å². The first-order valence-corrected chi connectivity index (χ1v) is 8.17. The molecule has 26 heavy (non-hydrogen) atoms. The van der Waals surface area contributed by atoms with E-state index in [1.54, 1.807) is 0 Å². The number of carboxylic acids is 1. The molecule has 136 valence electrons. The Morgan fingerprint density at radius 2 is 2.04 bits per heavy atom. The number of aromatic nitrogens is 1. The number of oxime groups is 1. The highest BCUT2D eigenvalue weighted by molar-refractivity contribution is 5.95. The number of fused-ring (bicyclic) bond motifs is 1. The Balaban J connectivity index is 2.00. The van der Waals surface area contributed by atoms with Crippen LogP contribution in [0.4, 0.5) is 14.5 Å². The van der Waals surface area contributed by atoms with Crippen LogP contribution in [0.25, 0.3) is 10.9 Å². The maximum Gasteiger partial charge on any atom is 0.341 e. The molecule has 0 spiro atoms. The van der Waals surface area contributed by atoms with Gasteiger partial charge in [-0.1, -0.05) is 5.16 Å². The van der Waals surface area contributed by atoms with E-state index in [0.29, 0.717) is 12.1 Å². The van der Waals surface area contributed by atoms with E-state index in [-0.39, 0.29) is 35.7 Å². The zero-order chi connectivity index (χ0) is 18.6. The topological polar surface area (TPSA) is 95.1 Å². The number of aromatic carboxylic acids is 1. The number of nitrogens with zero attached hydrogens (tertiary/aromatic N) is 3. The molecule has 0 radical (unpaired) electrons. The summed E-state index contributed by atoms with van der Waals surface area (Å²) in [7, 11) is 0. The number of hydrogen-bond donors (Lipinski definition) is 2. The fourth-order valence-electron chi connectivity index (χ4n) is 3.43. The van der Waals surface area contributed by atoms with Crippen molar-refractivity contribution < 1.29 is 23.9 Å². The van der Waals surface area contributed by atoms with Crippen LogP contribution in [-0.2, 0) is 0 Å². The van der Waals surface area contributed by atoms with Crippen LogP contribution in [0.5, 0.6) is 0 Å². The highest BCUT2D eigenvalue weighted by Gasteiger charge is 2.32. The molecular weight excluding hydrogens is 348 g/mol. The molecule has 2 aromatic rings. The number of rotatable bonds is 3. The van der Waals surface area contributed by atoms with Gasteiger partial charge in [0.1, 0.15) is 17.1 Å². The molecule has 2 aliphatic rings. The standard InChI is InChI=1S/C17H15F2N3O4/c18-12-5-10-14(13(19)15(12)21-4-3-8(6-21)20-26)22(9-1-2-9)7-11(16(10)23)17(24)25/h5,7,9,26H,1-4,6H2,(H,24,25)/b20-8+. The van der Waals surface area contributed by atoms with Gasteiger partial charge in [0.2, 0.25) is 5.43 Å². The van der Waals surface area contributed by atoms with Gasteiger partial charge in [-0.25, -0.2) is 13.6 Å². The number of hydrogen-bond acceptors (Lipinski definition) is 5. The number of anilines is 1. The number of pyridine rings is 1. The third kappa shape index (κ3) is 2.42. The van der Waals surface area contributed by atoms with E-state index in [4.69, 9.17) is 5.21 Å². The van der Waals surface area contributed by atoms with Crippen LogP contribution >= 0.6 is 0 Å². The molecule has 1 aliphatic heterocycles. The Morgan fingerprint density at radius 1 is 1.31 bits per heavy atom. The second-order valence-electron chi connectivity index (χ2n) is 6.57. The van der Waals surface area contributed by atoms with Crippen molar-refractivity contribution in [3.63, 3.8) is 0 Å².